The molecule has 0 aliphatic rings. The number of hydrogen-bond donors (Lipinski definition) is 0. The number of ether oxygens (including phenoxy) is 1. The van der Waals surface area contributed by atoms with Crippen LogP contribution in [0.25, 0.3) is 0 Å². The molecule has 0 radical (unpaired) electrons. The highest BCUT2D eigenvalue weighted by molar-refractivity contribution is 5.30. The van der Waals surface area contributed by atoms with Crippen molar-refractivity contribution in [3.63, 3.8) is 0 Å². The smallest absolute Gasteiger partial charge is 0.167 e. The second-order valence-corrected chi connectivity index (χ2v) is 3.97. The summed E-state index contributed by atoms with van der Waals surface area (Å²) in [4.78, 5) is 0. The van der Waals surface area contributed by atoms with Crippen LogP contribution >= 0.6 is 0 Å². The molecule has 0 aromatic heterocycles. The van der Waals surface area contributed by atoms with Crippen LogP contribution in [0, 0.1) is 12.7 Å². The van der Waals surface area contributed by atoms with E-state index in [-0.39, 0.29) is 5.82 Å². The van der Waals surface area contributed by atoms with Crippen molar-refractivity contribution >= 4 is 0 Å². The van der Waals surface area contributed by atoms with E-state index in [0.717, 1.165) is 6.42 Å². The number of hydrogen-bond acceptors (Lipinski definition) is 1. The van der Waals surface area contributed by atoms with E-state index in [1.807, 2.05) is 30.3 Å². The summed E-state index contributed by atoms with van der Waals surface area (Å²) in [6.07, 6.45) is 0.786. The Morgan fingerprint density at radius 1 is 1.00 bits per heavy atom. The van der Waals surface area contributed by atoms with E-state index >= 15 is 0 Å². The molecule has 1 nitrogen and oxygen atoms in total. The van der Waals surface area contributed by atoms with Crippen molar-refractivity contribution in [2.45, 2.75) is 13.3 Å². The quantitative estimate of drug-likeness (QED) is 0.777. The van der Waals surface area contributed by atoms with E-state index in [9.17, 15) is 4.39 Å². The summed E-state index contributed by atoms with van der Waals surface area (Å²) < 4.78 is 19.0. The van der Waals surface area contributed by atoms with Gasteiger partial charge in [0, 0.05) is 6.42 Å². The van der Waals surface area contributed by atoms with E-state index in [2.05, 4.69) is 0 Å². The fourth-order valence-corrected chi connectivity index (χ4v) is 1.66. The minimum Gasteiger partial charge on any atom is -0.490 e. The van der Waals surface area contributed by atoms with Gasteiger partial charge in [-0.05, 0) is 24.1 Å². The van der Waals surface area contributed by atoms with E-state index in [1.54, 1.807) is 25.1 Å². The predicted molar refractivity (Wildman–Crippen MR) is 66.8 cm³/mol. The molecule has 0 amide bonds. The predicted octanol–water partition coefficient (Wildman–Crippen LogP) is 3.76. The van der Waals surface area contributed by atoms with Gasteiger partial charge in [-0.15, -0.1) is 0 Å². The van der Waals surface area contributed by atoms with Gasteiger partial charge >= 0.3 is 0 Å². The Balaban J connectivity index is 1.93. The van der Waals surface area contributed by atoms with Crippen molar-refractivity contribution in [2.75, 3.05) is 6.61 Å². The molecule has 0 heterocycles. The van der Waals surface area contributed by atoms with Gasteiger partial charge in [-0.2, -0.15) is 0 Å². The van der Waals surface area contributed by atoms with Crippen LogP contribution in [0.2, 0.25) is 0 Å². The van der Waals surface area contributed by atoms with Gasteiger partial charge in [-0.1, -0.05) is 42.5 Å². The maximum absolute atomic E-state index is 13.6. The lowest BCUT2D eigenvalue weighted by Crippen LogP contribution is -2.03. The maximum Gasteiger partial charge on any atom is 0.167 e. The Bertz CT molecular complexity index is 480. The van der Waals surface area contributed by atoms with Gasteiger partial charge in [0.05, 0.1) is 6.61 Å². The number of halogens is 1. The molecular weight excluding hydrogens is 215 g/mol. The zero-order chi connectivity index (χ0) is 12.1. The molecule has 2 aromatic carbocycles. The highest BCUT2D eigenvalue weighted by Crippen LogP contribution is 2.19. The Labute approximate surface area is 101 Å². The first kappa shape index (κ1) is 11.6. The second kappa shape index (κ2) is 5.48. The summed E-state index contributed by atoms with van der Waals surface area (Å²) in [7, 11) is 0. The molecule has 0 aliphatic carbocycles. The highest BCUT2D eigenvalue weighted by atomic mass is 19.1. The van der Waals surface area contributed by atoms with Gasteiger partial charge in [-0.3, -0.25) is 0 Å². The van der Waals surface area contributed by atoms with Gasteiger partial charge in [-0.25, -0.2) is 4.39 Å². The normalized spacial score (nSPS) is 10.2. The fourth-order valence-electron chi connectivity index (χ4n) is 1.66. The minimum atomic E-state index is -0.263. The van der Waals surface area contributed by atoms with Crippen LogP contribution in [0.3, 0.4) is 0 Å². The lowest BCUT2D eigenvalue weighted by atomic mass is 10.2. The first-order chi connectivity index (χ1) is 8.27. The molecule has 0 saturated carbocycles. The third-order valence-corrected chi connectivity index (χ3v) is 2.65. The van der Waals surface area contributed by atoms with Crippen molar-refractivity contribution < 1.29 is 9.13 Å². The van der Waals surface area contributed by atoms with Crippen molar-refractivity contribution in [1.82, 2.24) is 0 Å². The van der Waals surface area contributed by atoms with Crippen molar-refractivity contribution in [2.24, 2.45) is 0 Å². The average molecular weight is 230 g/mol. The molecule has 2 rings (SSSR count). The monoisotopic (exact) mass is 230 g/mol. The maximum atomic E-state index is 13.6. The van der Waals surface area contributed by atoms with Crippen LogP contribution in [0.4, 0.5) is 4.39 Å². The number of rotatable bonds is 4. The van der Waals surface area contributed by atoms with Crippen LogP contribution in [-0.4, -0.2) is 6.61 Å². The van der Waals surface area contributed by atoms with Crippen molar-refractivity contribution in [1.29, 1.82) is 0 Å². The molecule has 88 valence electrons. The Hall–Kier alpha value is -1.83. The third kappa shape index (κ3) is 3.06. The van der Waals surface area contributed by atoms with Gasteiger partial charge in [0.25, 0.3) is 0 Å². The molecule has 0 spiro atoms. The fraction of sp³-hybridized carbons (Fsp3) is 0.200. The molecule has 0 N–H and O–H groups in total. The molecule has 0 unspecified atom stereocenters. The molecule has 0 fully saturated rings. The third-order valence-electron chi connectivity index (χ3n) is 2.65. The van der Waals surface area contributed by atoms with Crippen LogP contribution in [0.15, 0.2) is 48.5 Å². The summed E-state index contributed by atoms with van der Waals surface area (Å²) in [5.74, 6) is 0.0708. The Kier molecular flexibility index (Phi) is 3.76. The molecule has 0 atom stereocenters. The summed E-state index contributed by atoms with van der Waals surface area (Å²) in [5, 5.41) is 0. The molecule has 17 heavy (non-hydrogen) atoms. The lowest BCUT2D eigenvalue weighted by molar-refractivity contribution is 0.304. The van der Waals surface area contributed by atoms with Gasteiger partial charge in [0.1, 0.15) is 0 Å². The van der Waals surface area contributed by atoms with E-state index < -0.39 is 0 Å². The van der Waals surface area contributed by atoms with Gasteiger partial charge < -0.3 is 4.74 Å². The first-order valence-electron chi connectivity index (χ1n) is 5.69. The summed E-state index contributed by atoms with van der Waals surface area (Å²) in [6.45, 7) is 2.23. The molecule has 0 saturated heterocycles. The number of aryl methyl sites for hydroxylation is 1. The molecule has 0 aliphatic heterocycles. The molecule has 2 aromatic rings. The van der Waals surface area contributed by atoms with Crippen LogP contribution in [0.1, 0.15) is 11.1 Å². The Morgan fingerprint density at radius 3 is 2.53 bits per heavy atom. The molecular formula is C15H15FO. The largest absolute Gasteiger partial charge is 0.490 e. The van der Waals surface area contributed by atoms with Crippen LogP contribution in [-0.2, 0) is 6.42 Å². The SMILES string of the molecule is Cc1cccc(OCCc2ccccc2)c1F. The van der Waals surface area contributed by atoms with Crippen molar-refractivity contribution in [3.05, 3.63) is 65.5 Å². The standard InChI is InChI=1S/C15H15FO/c1-12-6-5-9-14(15(12)16)17-11-10-13-7-3-2-4-8-13/h2-9H,10-11H2,1H3. The lowest BCUT2D eigenvalue weighted by Gasteiger charge is -2.08. The Morgan fingerprint density at radius 2 is 1.76 bits per heavy atom. The highest BCUT2D eigenvalue weighted by Gasteiger charge is 2.05. The topological polar surface area (TPSA) is 9.23 Å². The van der Waals surface area contributed by atoms with Crippen molar-refractivity contribution in [3.8, 4) is 5.75 Å². The van der Waals surface area contributed by atoms with Crippen LogP contribution < -0.4 is 4.74 Å². The molecule has 2 heteroatoms. The summed E-state index contributed by atoms with van der Waals surface area (Å²) in [6, 6.07) is 15.2. The van der Waals surface area contributed by atoms with Gasteiger partial charge in [0.15, 0.2) is 11.6 Å². The van der Waals surface area contributed by atoms with E-state index in [1.165, 1.54) is 5.56 Å². The molecule has 0 bridgehead atoms. The first-order valence-corrected chi connectivity index (χ1v) is 5.69. The zero-order valence-electron chi connectivity index (χ0n) is 9.82. The zero-order valence-corrected chi connectivity index (χ0v) is 9.82. The van der Waals surface area contributed by atoms with E-state index in [4.69, 9.17) is 4.74 Å². The van der Waals surface area contributed by atoms with Crippen LogP contribution in [0.5, 0.6) is 5.75 Å². The van der Waals surface area contributed by atoms with E-state index in [0.29, 0.717) is 17.9 Å². The minimum absolute atomic E-state index is 0.263. The number of benzene rings is 2. The average Bonchev–Trinajstić information content (AvgIpc) is 2.36. The van der Waals surface area contributed by atoms with Gasteiger partial charge in [0.2, 0.25) is 0 Å². The second-order valence-electron chi connectivity index (χ2n) is 3.97. The summed E-state index contributed by atoms with van der Waals surface area (Å²) in [5.41, 5.74) is 1.81. The summed E-state index contributed by atoms with van der Waals surface area (Å²) >= 11 is 0.